The molecule has 2 N–H and O–H groups in total. The lowest BCUT2D eigenvalue weighted by Crippen LogP contribution is -2.25. The zero-order chi connectivity index (χ0) is 16.7. The Balaban J connectivity index is 1.95. The van der Waals surface area contributed by atoms with E-state index < -0.39 is 0 Å². The molecule has 2 aromatic rings. The van der Waals surface area contributed by atoms with E-state index in [9.17, 15) is 4.79 Å². The second-order valence-electron chi connectivity index (χ2n) is 5.90. The fraction of sp³-hybridized carbons (Fsp3) is 0.368. The molecule has 1 amide bonds. The third-order valence-corrected chi connectivity index (χ3v) is 3.57. The molecule has 23 heavy (non-hydrogen) atoms. The van der Waals surface area contributed by atoms with Crippen molar-refractivity contribution in [2.75, 3.05) is 11.9 Å². The molecule has 0 radical (unpaired) electrons. The van der Waals surface area contributed by atoms with Crippen molar-refractivity contribution in [2.45, 2.75) is 40.0 Å². The van der Waals surface area contributed by atoms with E-state index in [1.165, 1.54) is 11.1 Å². The number of aryl methyl sites for hydroxylation is 2. The molecule has 0 saturated carbocycles. The van der Waals surface area contributed by atoms with Gasteiger partial charge in [-0.2, -0.15) is 0 Å². The van der Waals surface area contributed by atoms with Crippen molar-refractivity contribution in [3.63, 3.8) is 0 Å². The quantitative estimate of drug-likeness (QED) is 0.747. The van der Waals surface area contributed by atoms with Gasteiger partial charge in [0.15, 0.2) is 0 Å². The minimum Gasteiger partial charge on any atom is -0.354 e. The maximum absolute atomic E-state index is 12.0. The summed E-state index contributed by atoms with van der Waals surface area (Å²) in [5, 5.41) is 6.21. The molecule has 2 rings (SSSR count). The fourth-order valence-corrected chi connectivity index (χ4v) is 2.48. The van der Waals surface area contributed by atoms with Gasteiger partial charge >= 0.3 is 0 Å². The molecule has 0 fully saturated rings. The molecule has 0 atom stereocenters. The van der Waals surface area contributed by atoms with Gasteiger partial charge in [0.25, 0.3) is 5.91 Å². The van der Waals surface area contributed by atoms with Crippen LogP contribution in [0.3, 0.4) is 0 Å². The molecule has 0 aliphatic carbocycles. The molecule has 0 saturated heterocycles. The van der Waals surface area contributed by atoms with E-state index in [1.807, 2.05) is 6.07 Å². The van der Waals surface area contributed by atoms with E-state index in [0.717, 1.165) is 30.6 Å². The molecule has 1 aromatic heterocycles. The fourth-order valence-electron chi connectivity index (χ4n) is 2.48. The summed E-state index contributed by atoms with van der Waals surface area (Å²) in [5.74, 6) is -0.112. The van der Waals surface area contributed by atoms with Crippen molar-refractivity contribution in [3.05, 3.63) is 53.3 Å². The van der Waals surface area contributed by atoms with Crippen molar-refractivity contribution in [2.24, 2.45) is 0 Å². The Labute approximate surface area is 138 Å². The number of benzene rings is 1. The number of nitrogens with one attached hydrogen (secondary N) is 2. The van der Waals surface area contributed by atoms with Gasteiger partial charge in [0.05, 0.1) is 11.9 Å². The minimum atomic E-state index is -0.112. The van der Waals surface area contributed by atoms with Crippen LogP contribution in [0.5, 0.6) is 0 Å². The molecule has 0 aliphatic heterocycles. The Morgan fingerprint density at radius 1 is 1.04 bits per heavy atom. The van der Waals surface area contributed by atoms with Crippen molar-refractivity contribution in [1.29, 1.82) is 0 Å². The largest absolute Gasteiger partial charge is 0.354 e. The molecular weight excluding hydrogens is 286 g/mol. The predicted octanol–water partition coefficient (Wildman–Crippen LogP) is 4.36. The Kier molecular flexibility index (Phi) is 6.15. The van der Waals surface area contributed by atoms with E-state index in [0.29, 0.717) is 12.2 Å². The smallest absolute Gasteiger partial charge is 0.269 e. The molecule has 1 aromatic carbocycles. The number of pyridine rings is 1. The Bertz CT molecular complexity index is 630. The second kappa shape index (κ2) is 8.32. The summed E-state index contributed by atoms with van der Waals surface area (Å²) in [7, 11) is 0. The van der Waals surface area contributed by atoms with Gasteiger partial charge in [0.2, 0.25) is 0 Å². The van der Waals surface area contributed by atoms with E-state index in [1.54, 1.807) is 12.3 Å². The van der Waals surface area contributed by atoms with Gasteiger partial charge in [-0.3, -0.25) is 4.79 Å². The molecule has 0 bridgehead atoms. The van der Waals surface area contributed by atoms with E-state index >= 15 is 0 Å². The van der Waals surface area contributed by atoms with Crippen LogP contribution in [0.15, 0.2) is 36.5 Å². The van der Waals surface area contributed by atoms with Gasteiger partial charge in [-0.25, -0.2) is 4.98 Å². The summed E-state index contributed by atoms with van der Waals surface area (Å²) in [6, 6.07) is 9.93. The summed E-state index contributed by atoms with van der Waals surface area (Å²) < 4.78 is 0. The van der Waals surface area contributed by atoms with Gasteiger partial charge < -0.3 is 10.6 Å². The Morgan fingerprint density at radius 3 is 2.39 bits per heavy atom. The monoisotopic (exact) mass is 311 g/mol. The highest BCUT2D eigenvalue weighted by Gasteiger charge is 2.06. The molecule has 0 spiro atoms. The second-order valence-corrected chi connectivity index (χ2v) is 5.90. The minimum absolute atomic E-state index is 0.112. The summed E-state index contributed by atoms with van der Waals surface area (Å²) >= 11 is 0. The van der Waals surface area contributed by atoms with Gasteiger partial charge in [0.1, 0.15) is 5.69 Å². The Morgan fingerprint density at radius 2 is 1.78 bits per heavy atom. The number of unbranched alkanes of at least 4 members (excludes halogenated alkanes) is 2. The number of nitrogens with zero attached hydrogens (tertiary/aromatic N) is 1. The van der Waals surface area contributed by atoms with Crippen LogP contribution >= 0.6 is 0 Å². The summed E-state index contributed by atoms with van der Waals surface area (Å²) in [6.07, 6.45) is 4.98. The van der Waals surface area contributed by atoms with Crippen LogP contribution in [0.4, 0.5) is 11.4 Å². The van der Waals surface area contributed by atoms with Crippen LogP contribution in [0.1, 0.15) is 47.8 Å². The number of anilines is 2. The van der Waals surface area contributed by atoms with Crippen molar-refractivity contribution < 1.29 is 4.79 Å². The lowest BCUT2D eigenvalue weighted by atomic mass is 10.1. The maximum Gasteiger partial charge on any atom is 0.269 e. The predicted molar refractivity (Wildman–Crippen MR) is 95.3 cm³/mol. The summed E-state index contributed by atoms with van der Waals surface area (Å²) in [4.78, 5) is 16.2. The van der Waals surface area contributed by atoms with Crippen LogP contribution in [0.25, 0.3) is 0 Å². The highest BCUT2D eigenvalue weighted by molar-refractivity contribution is 5.92. The highest BCUT2D eigenvalue weighted by Crippen LogP contribution is 2.19. The van der Waals surface area contributed by atoms with Gasteiger partial charge in [-0.15, -0.1) is 0 Å². The number of amides is 1. The van der Waals surface area contributed by atoms with Crippen molar-refractivity contribution in [3.8, 4) is 0 Å². The SMILES string of the molecule is CCCCCNC(=O)c1ccc(Nc2cc(C)cc(C)c2)cn1. The normalized spacial score (nSPS) is 10.4. The standard InChI is InChI=1S/C19H25N3O/c1-4-5-6-9-20-19(23)18-8-7-16(13-21-18)22-17-11-14(2)10-15(3)12-17/h7-8,10-13,22H,4-6,9H2,1-3H3,(H,20,23). The molecule has 4 nitrogen and oxygen atoms in total. The molecule has 1 heterocycles. The summed E-state index contributed by atoms with van der Waals surface area (Å²) in [5.41, 5.74) is 4.78. The first-order valence-corrected chi connectivity index (χ1v) is 8.18. The number of rotatable bonds is 7. The number of hydrogen-bond donors (Lipinski definition) is 2. The average molecular weight is 311 g/mol. The topological polar surface area (TPSA) is 54.0 Å². The first kappa shape index (κ1) is 17.0. The molecule has 0 unspecified atom stereocenters. The van der Waals surface area contributed by atoms with E-state index in [-0.39, 0.29) is 5.91 Å². The van der Waals surface area contributed by atoms with Crippen LogP contribution in [-0.2, 0) is 0 Å². The van der Waals surface area contributed by atoms with E-state index in [2.05, 4.69) is 54.6 Å². The molecule has 122 valence electrons. The number of carbonyl (C=O) groups excluding carboxylic acids is 1. The molecule has 0 aliphatic rings. The van der Waals surface area contributed by atoms with Crippen molar-refractivity contribution >= 4 is 17.3 Å². The van der Waals surface area contributed by atoms with E-state index in [4.69, 9.17) is 0 Å². The Hall–Kier alpha value is -2.36. The number of aromatic nitrogens is 1. The van der Waals surface area contributed by atoms with Crippen LogP contribution in [0.2, 0.25) is 0 Å². The maximum atomic E-state index is 12.0. The third-order valence-electron chi connectivity index (χ3n) is 3.57. The van der Waals surface area contributed by atoms with Crippen LogP contribution in [-0.4, -0.2) is 17.4 Å². The molecular formula is C19H25N3O. The number of hydrogen-bond acceptors (Lipinski definition) is 3. The zero-order valence-electron chi connectivity index (χ0n) is 14.1. The number of carbonyl (C=O) groups is 1. The van der Waals surface area contributed by atoms with Gasteiger partial charge in [-0.05, 0) is 55.7 Å². The third kappa shape index (κ3) is 5.40. The first-order valence-electron chi connectivity index (χ1n) is 8.18. The zero-order valence-corrected chi connectivity index (χ0v) is 14.1. The van der Waals surface area contributed by atoms with Gasteiger partial charge in [-0.1, -0.05) is 25.8 Å². The average Bonchev–Trinajstić information content (AvgIpc) is 2.51. The lowest BCUT2D eigenvalue weighted by molar-refractivity contribution is 0.0948. The summed E-state index contributed by atoms with van der Waals surface area (Å²) in [6.45, 7) is 6.99. The molecule has 4 heteroatoms. The van der Waals surface area contributed by atoms with Crippen molar-refractivity contribution in [1.82, 2.24) is 10.3 Å². The lowest BCUT2D eigenvalue weighted by Gasteiger charge is -2.09. The van der Waals surface area contributed by atoms with Crippen LogP contribution in [0, 0.1) is 13.8 Å². The van der Waals surface area contributed by atoms with Crippen LogP contribution < -0.4 is 10.6 Å². The first-order chi connectivity index (χ1) is 11.1. The highest BCUT2D eigenvalue weighted by atomic mass is 16.1. The van der Waals surface area contributed by atoms with Gasteiger partial charge in [0, 0.05) is 12.2 Å².